The number of aromatic hydroxyl groups is 1. The first-order chi connectivity index (χ1) is 11.1. The number of amides is 1. The molecule has 0 radical (unpaired) electrons. The molecule has 3 rings (SSSR count). The molecule has 3 aromatic rings. The first-order valence-electron chi connectivity index (χ1n) is 6.89. The number of thiophene rings is 1. The highest BCUT2D eigenvalue weighted by Gasteiger charge is 2.12. The lowest BCUT2D eigenvalue weighted by Gasteiger charge is -2.08. The number of carbonyl (C=O) groups excluding carboxylic acids is 1. The van der Waals surface area contributed by atoms with Gasteiger partial charge in [0.1, 0.15) is 0 Å². The molecule has 1 amide bonds. The highest BCUT2D eigenvalue weighted by Crippen LogP contribution is 2.29. The van der Waals surface area contributed by atoms with Gasteiger partial charge in [-0.15, -0.1) is 11.3 Å². The number of fused-ring (bicyclic) bond motifs is 1. The Hall–Kier alpha value is -2.05. The highest BCUT2D eigenvalue weighted by molar-refractivity contribution is 9.10. The molecule has 6 heteroatoms. The van der Waals surface area contributed by atoms with Gasteiger partial charge < -0.3 is 15.2 Å². The van der Waals surface area contributed by atoms with Crippen molar-refractivity contribution in [2.45, 2.75) is 6.54 Å². The Balaban J connectivity index is 1.77. The summed E-state index contributed by atoms with van der Waals surface area (Å²) < 4.78 is 7.09. The van der Waals surface area contributed by atoms with E-state index in [2.05, 4.69) is 21.2 Å². The van der Waals surface area contributed by atoms with E-state index < -0.39 is 0 Å². The van der Waals surface area contributed by atoms with Crippen molar-refractivity contribution in [1.82, 2.24) is 5.32 Å². The van der Waals surface area contributed by atoms with E-state index in [1.807, 2.05) is 23.6 Å². The normalized spacial score (nSPS) is 10.7. The van der Waals surface area contributed by atoms with Crippen LogP contribution < -0.4 is 10.1 Å². The third-order valence-corrected chi connectivity index (χ3v) is 4.93. The van der Waals surface area contributed by atoms with Crippen molar-refractivity contribution >= 4 is 43.3 Å². The molecule has 2 aromatic carbocycles. The van der Waals surface area contributed by atoms with Crippen molar-refractivity contribution in [1.29, 1.82) is 0 Å². The molecule has 0 unspecified atom stereocenters. The molecule has 0 saturated carbocycles. The molecule has 0 spiro atoms. The lowest BCUT2D eigenvalue weighted by Crippen LogP contribution is -2.22. The minimum atomic E-state index is -0.124. The molecule has 2 N–H and O–H groups in total. The van der Waals surface area contributed by atoms with E-state index in [4.69, 9.17) is 4.74 Å². The van der Waals surface area contributed by atoms with E-state index in [0.29, 0.717) is 17.9 Å². The number of nitrogens with one attached hydrogen (secondary N) is 1. The van der Waals surface area contributed by atoms with Gasteiger partial charge >= 0.3 is 0 Å². The van der Waals surface area contributed by atoms with Crippen LogP contribution in [0.25, 0.3) is 10.1 Å². The van der Waals surface area contributed by atoms with E-state index in [-0.39, 0.29) is 11.7 Å². The lowest BCUT2D eigenvalue weighted by molar-refractivity contribution is 0.0953. The van der Waals surface area contributed by atoms with Crippen LogP contribution in [-0.4, -0.2) is 18.1 Å². The van der Waals surface area contributed by atoms with Gasteiger partial charge in [-0.1, -0.05) is 22.0 Å². The Kier molecular flexibility index (Phi) is 4.54. The molecule has 118 valence electrons. The summed E-state index contributed by atoms with van der Waals surface area (Å²) in [5, 5.41) is 15.3. The zero-order chi connectivity index (χ0) is 16.4. The summed E-state index contributed by atoms with van der Waals surface area (Å²) in [5.41, 5.74) is 1.52. The lowest BCUT2D eigenvalue weighted by atomic mass is 10.1. The van der Waals surface area contributed by atoms with Crippen molar-refractivity contribution in [3.8, 4) is 11.5 Å². The average molecular weight is 392 g/mol. The summed E-state index contributed by atoms with van der Waals surface area (Å²) >= 11 is 4.98. The summed E-state index contributed by atoms with van der Waals surface area (Å²) in [6.07, 6.45) is 0. The smallest absolute Gasteiger partial charge is 0.253 e. The minimum absolute atomic E-state index is 0.0799. The van der Waals surface area contributed by atoms with E-state index in [1.54, 1.807) is 29.5 Å². The number of rotatable bonds is 4. The second kappa shape index (κ2) is 6.60. The summed E-state index contributed by atoms with van der Waals surface area (Å²) in [7, 11) is 1.49. The van der Waals surface area contributed by atoms with E-state index in [9.17, 15) is 9.90 Å². The molecule has 0 aliphatic heterocycles. The van der Waals surface area contributed by atoms with Crippen molar-refractivity contribution in [3.63, 3.8) is 0 Å². The summed E-state index contributed by atoms with van der Waals surface area (Å²) in [5.74, 6) is 0.347. The van der Waals surface area contributed by atoms with Crippen LogP contribution in [-0.2, 0) is 6.54 Å². The number of phenols is 1. The average Bonchev–Trinajstić information content (AvgIpc) is 2.96. The maximum Gasteiger partial charge on any atom is 0.253 e. The van der Waals surface area contributed by atoms with Gasteiger partial charge in [-0.2, -0.15) is 0 Å². The molecule has 1 aromatic heterocycles. The standard InChI is InChI=1S/C17H14BrNO3S/c1-22-15-6-10(2-4-14(15)20)8-19-17(21)13-9-23-16-5-3-11(18)7-12(13)16/h2-7,9,20H,8H2,1H3,(H,19,21). The Morgan fingerprint density at radius 3 is 2.91 bits per heavy atom. The Morgan fingerprint density at radius 2 is 2.13 bits per heavy atom. The van der Waals surface area contributed by atoms with Gasteiger partial charge in [0.15, 0.2) is 11.5 Å². The number of methoxy groups -OCH3 is 1. The van der Waals surface area contributed by atoms with Crippen LogP contribution in [0.5, 0.6) is 11.5 Å². The fourth-order valence-electron chi connectivity index (χ4n) is 2.29. The number of carbonyl (C=O) groups is 1. The molecule has 4 nitrogen and oxygen atoms in total. The topological polar surface area (TPSA) is 58.6 Å². The summed E-state index contributed by atoms with van der Waals surface area (Å²) in [4.78, 5) is 12.4. The highest BCUT2D eigenvalue weighted by atomic mass is 79.9. The Bertz CT molecular complexity index is 875. The molecule has 0 aliphatic rings. The Labute approximate surface area is 145 Å². The van der Waals surface area contributed by atoms with E-state index >= 15 is 0 Å². The van der Waals surface area contributed by atoms with Crippen LogP contribution in [0.4, 0.5) is 0 Å². The monoisotopic (exact) mass is 391 g/mol. The van der Waals surface area contributed by atoms with Gasteiger partial charge in [-0.3, -0.25) is 4.79 Å². The van der Waals surface area contributed by atoms with Gasteiger partial charge in [0.2, 0.25) is 0 Å². The fourth-order valence-corrected chi connectivity index (χ4v) is 3.57. The van der Waals surface area contributed by atoms with Gasteiger partial charge in [0.25, 0.3) is 5.91 Å². The number of halogens is 1. The van der Waals surface area contributed by atoms with Crippen LogP contribution in [0.1, 0.15) is 15.9 Å². The first-order valence-corrected chi connectivity index (χ1v) is 8.56. The van der Waals surface area contributed by atoms with Crippen LogP contribution in [0.3, 0.4) is 0 Å². The van der Waals surface area contributed by atoms with Crippen LogP contribution in [0.2, 0.25) is 0 Å². The fraction of sp³-hybridized carbons (Fsp3) is 0.118. The van der Waals surface area contributed by atoms with Gasteiger partial charge in [-0.05, 0) is 35.9 Å². The SMILES string of the molecule is COc1cc(CNC(=O)c2csc3ccc(Br)cc23)ccc1O. The van der Waals surface area contributed by atoms with Crippen molar-refractivity contribution in [2.75, 3.05) is 7.11 Å². The zero-order valence-corrected chi connectivity index (χ0v) is 14.7. The molecule has 0 bridgehead atoms. The van der Waals surface area contributed by atoms with Crippen LogP contribution in [0, 0.1) is 0 Å². The maximum atomic E-state index is 12.4. The van der Waals surface area contributed by atoms with Crippen molar-refractivity contribution in [3.05, 3.63) is 57.4 Å². The van der Waals surface area contributed by atoms with Crippen molar-refractivity contribution in [2.24, 2.45) is 0 Å². The predicted octanol–water partition coefficient (Wildman–Crippen LogP) is 4.31. The number of hydrogen-bond donors (Lipinski definition) is 2. The predicted molar refractivity (Wildman–Crippen MR) is 95.4 cm³/mol. The van der Waals surface area contributed by atoms with Gasteiger partial charge in [0.05, 0.1) is 12.7 Å². The van der Waals surface area contributed by atoms with Crippen LogP contribution >= 0.6 is 27.3 Å². The number of hydrogen-bond acceptors (Lipinski definition) is 4. The summed E-state index contributed by atoms with van der Waals surface area (Å²) in [6.45, 7) is 0.362. The quantitative estimate of drug-likeness (QED) is 0.696. The minimum Gasteiger partial charge on any atom is -0.504 e. The van der Waals surface area contributed by atoms with Crippen LogP contribution in [0.15, 0.2) is 46.3 Å². The largest absolute Gasteiger partial charge is 0.504 e. The zero-order valence-electron chi connectivity index (χ0n) is 12.3. The second-order valence-electron chi connectivity index (χ2n) is 4.98. The maximum absolute atomic E-state index is 12.4. The Morgan fingerprint density at radius 1 is 1.30 bits per heavy atom. The molecule has 23 heavy (non-hydrogen) atoms. The molecular formula is C17H14BrNO3S. The molecule has 0 saturated heterocycles. The van der Waals surface area contributed by atoms with Crippen molar-refractivity contribution < 1.29 is 14.6 Å². The van der Waals surface area contributed by atoms with Gasteiger partial charge in [-0.25, -0.2) is 0 Å². The number of phenolic OH excluding ortho intramolecular Hbond substituents is 1. The summed E-state index contributed by atoms with van der Waals surface area (Å²) in [6, 6.07) is 10.9. The number of ether oxygens (including phenoxy) is 1. The molecule has 0 atom stereocenters. The second-order valence-corrected chi connectivity index (χ2v) is 6.81. The first kappa shape index (κ1) is 15.8. The van der Waals surface area contributed by atoms with E-state index in [1.165, 1.54) is 7.11 Å². The molecule has 0 aliphatic carbocycles. The number of benzene rings is 2. The molecule has 0 fully saturated rings. The van der Waals surface area contributed by atoms with Gasteiger partial charge in [0, 0.05) is 26.5 Å². The van der Waals surface area contributed by atoms with E-state index in [0.717, 1.165) is 20.1 Å². The molecule has 1 heterocycles. The molecular weight excluding hydrogens is 378 g/mol. The third-order valence-electron chi connectivity index (χ3n) is 3.48. The third kappa shape index (κ3) is 3.33.